The van der Waals surface area contributed by atoms with E-state index in [0.29, 0.717) is 11.1 Å². The molecule has 0 atom stereocenters. The van der Waals surface area contributed by atoms with Crippen molar-refractivity contribution in [3.63, 3.8) is 0 Å². The van der Waals surface area contributed by atoms with Crippen molar-refractivity contribution in [3.05, 3.63) is 45.5 Å². The van der Waals surface area contributed by atoms with Crippen molar-refractivity contribution in [1.82, 2.24) is 0 Å². The lowest BCUT2D eigenvalue weighted by Gasteiger charge is -2.19. The normalized spacial score (nSPS) is 11.0. The predicted molar refractivity (Wildman–Crippen MR) is 62.3 cm³/mol. The number of rotatable bonds is 3. The van der Waals surface area contributed by atoms with E-state index in [0.717, 1.165) is 0 Å². The quantitative estimate of drug-likeness (QED) is 0.460. The zero-order chi connectivity index (χ0) is 13.1. The number of hydrogen-bond donors (Lipinski definition) is 0. The second-order valence-corrected chi connectivity index (χ2v) is 4.69. The third kappa shape index (κ3) is 4.63. The fourth-order valence-electron chi connectivity index (χ4n) is 1.28. The first-order chi connectivity index (χ1) is 7.78. The Morgan fingerprint density at radius 1 is 1.41 bits per heavy atom. The summed E-state index contributed by atoms with van der Waals surface area (Å²) in [6.07, 6.45) is 0. The van der Waals surface area contributed by atoms with Gasteiger partial charge in [-0.1, -0.05) is 12.1 Å². The van der Waals surface area contributed by atoms with Crippen LogP contribution in [-0.4, -0.2) is 16.5 Å². The van der Waals surface area contributed by atoms with Gasteiger partial charge >= 0.3 is 5.97 Å². The number of nitro groups is 1. The van der Waals surface area contributed by atoms with Crippen LogP contribution < -0.4 is 0 Å². The highest BCUT2D eigenvalue weighted by Crippen LogP contribution is 2.13. The topological polar surface area (TPSA) is 69.4 Å². The first-order valence-electron chi connectivity index (χ1n) is 5.22. The fraction of sp³-hybridized carbons (Fsp3) is 0.417. The number of esters is 1. The SMILES string of the molecule is CC(C)(C)OC(=O)c1cccc(C[N+](=O)[O-])c1. The minimum Gasteiger partial charge on any atom is -0.456 e. The molecule has 0 heterocycles. The number of nitrogens with zero attached hydrogens (tertiary/aromatic N) is 1. The Labute approximate surface area is 99.5 Å². The smallest absolute Gasteiger partial charge is 0.338 e. The van der Waals surface area contributed by atoms with Gasteiger partial charge in [-0.2, -0.15) is 0 Å². The molecular formula is C12H15NO4. The van der Waals surface area contributed by atoms with Gasteiger partial charge in [-0.05, 0) is 32.9 Å². The molecule has 0 fully saturated rings. The Hall–Kier alpha value is -1.91. The molecule has 5 heteroatoms. The van der Waals surface area contributed by atoms with E-state index in [4.69, 9.17) is 4.74 Å². The van der Waals surface area contributed by atoms with Gasteiger partial charge in [-0.25, -0.2) is 4.79 Å². The fourth-order valence-corrected chi connectivity index (χ4v) is 1.28. The van der Waals surface area contributed by atoms with Crippen molar-refractivity contribution in [1.29, 1.82) is 0 Å². The van der Waals surface area contributed by atoms with Gasteiger partial charge in [0.2, 0.25) is 6.54 Å². The van der Waals surface area contributed by atoms with Gasteiger partial charge in [0, 0.05) is 10.5 Å². The third-order valence-electron chi connectivity index (χ3n) is 1.87. The molecule has 0 amide bonds. The van der Waals surface area contributed by atoms with E-state index in [9.17, 15) is 14.9 Å². The lowest BCUT2D eigenvalue weighted by atomic mass is 10.1. The maximum Gasteiger partial charge on any atom is 0.338 e. The highest BCUT2D eigenvalue weighted by molar-refractivity contribution is 5.89. The highest BCUT2D eigenvalue weighted by atomic mass is 16.6. The minimum atomic E-state index is -0.573. The molecule has 0 saturated heterocycles. The summed E-state index contributed by atoms with van der Waals surface area (Å²) >= 11 is 0. The average molecular weight is 237 g/mol. The standard InChI is InChI=1S/C12H15NO4/c1-12(2,3)17-11(14)10-6-4-5-9(7-10)8-13(15)16/h4-7H,8H2,1-3H3. The van der Waals surface area contributed by atoms with Crippen molar-refractivity contribution in [2.24, 2.45) is 0 Å². The molecule has 0 aliphatic rings. The van der Waals surface area contributed by atoms with Gasteiger partial charge in [-0.3, -0.25) is 10.1 Å². The number of carbonyl (C=O) groups excluding carboxylic acids is 1. The Balaban J connectivity index is 2.84. The van der Waals surface area contributed by atoms with E-state index in [1.165, 1.54) is 6.07 Å². The van der Waals surface area contributed by atoms with Crippen molar-refractivity contribution < 1.29 is 14.5 Å². The molecule has 1 aromatic rings. The molecule has 0 spiro atoms. The zero-order valence-electron chi connectivity index (χ0n) is 10.1. The van der Waals surface area contributed by atoms with Crippen LogP contribution in [0.5, 0.6) is 0 Å². The number of ether oxygens (including phenoxy) is 1. The molecule has 0 unspecified atom stereocenters. The van der Waals surface area contributed by atoms with Crippen molar-refractivity contribution in [2.45, 2.75) is 32.9 Å². The van der Waals surface area contributed by atoms with Gasteiger partial charge in [0.05, 0.1) is 5.56 Å². The summed E-state index contributed by atoms with van der Waals surface area (Å²) < 4.78 is 5.17. The number of benzene rings is 1. The summed E-state index contributed by atoms with van der Waals surface area (Å²) in [5, 5.41) is 10.4. The second-order valence-electron chi connectivity index (χ2n) is 4.69. The molecule has 92 valence electrons. The van der Waals surface area contributed by atoms with Gasteiger partial charge in [-0.15, -0.1) is 0 Å². The maximum atomic E-state index is 11.7. The molecule has 1 aromatic carbocycles. The van der Waals surface area contributed by atoms with Crippen LogP contribution in [0.15, 0.2) is 24.3 Å². The van der Waals surface area contributed by atoms with Gasteiger partial charge in [0.1, 0.15) is 5.60 Å². The molecule has 0 aliphatic heterocycles. The van der Waals surface area contributed by atoms with Gasteiger partial charge in [0.25, 0.3) is 0 Å². The Kier molecular flexibility index (Phi) is 3.83. The van der Waals surface area contributed by atoms with E-state index >= 15 is 0 Å². The van der Waals surface area contributed by atoms with E-state index in [1.807, 2.05) is 0 Å². The average Bonchev–Trinajstić information content (AvgIpc) is 2.14. The first kappa shape index (κ1) is 13.2. The number of carbonyl (C=O) groups is 1. The highest BCUT2D eigenvalue weighted by Gasteiger charge is 2.18. The molecular weight excluding hydrogens is 222 g/mol. The van der Waals surface area contributed by atoms with E-state index < -0.39 is 16.5 Å². The first-order valence-corrected chi connectivity index (χ1v) is 5.22. The monoisotopic (exact) mass is 237 g/mol. The van der Waals surface area contributed by atoms with Crippen LogP contribution in [-0.2, 0) is 11.3 Å². The molecule has 0 aliphatic carbocycles. The van der Waals surface area contributed by atoms with E-state index in [2.05, 4.69) is 0 Å². The Morgan fingerprint density at radius 2 is 2.06 bits per heavy atom. The molecule has 0 bridgehead atoms. The Morgan fingerprint density at radius 3 is 2.59 bits per heavy atom. The molecule has 17 heavy (non-hydrogen) atoms. The van der Waals surface area contributed by atoms with Crippen LogP contribution in [0.4, 0.5) is 0 Å². The third-order valence-corrected chi connectivity index (χ3v) is 1.87. The van der Waals surface area contributed by atoms with E-state index in [-0.39, 0.29) is 6.54 Å². The summed E-state index contributed by atoms with van der Waals surface area (Å²) in [7, 11) is 0. The maximum absolute atomic E-state index is 11.7. The molecule has 0 aromatic heterocycles. The van der Waals surface area contributed by atoms with Crippen LogP contribution in [0.2, 0.25) is 0 Å². The van der Waals surface area contributed by atoms with Crippen molar-refractivity contribution in [2.75, 3.05) is 0 Å². The summed E-state index contributed by atoms with van der Waals surface area (Å²) in [4.78, 5) is 21.6. The summed E-state index contributed by atoms with van der Waals surface area (Å²) in [6.45, 7) is 5.01. The predicted octanol–water partition coefficient (Wildman–Crippen LogP) is 2.42. The lowest BCUT2D eigenvalue weighted by Crippen LogP contribution is -2.23. The van der Waals surface area contributed by atoms with Crippen molar-refractivity contribution in [3.8, 4) is 0 Å². The molecule has 0 radical (unpaired) electrons. The number of hydrogen-bond acceptors (Lipinski definition) is 4. The zero-order valence-corrected chi connectivity index (χ0v) is 10.1. The molecule has 5 nitrogen and oxygen atoms in total. The second kappa shape index (κ2) is 4.95. The van der Waals surface area contributed by atoms with Crippen LogP contribution >= 0.6 is 0 Å². The van der Waals surface area contributed by atoms with Crippen LogP contribution in [0, 0.1) is 10.1 Å². The van der Waals surface area contributed by atoms with Crippen LogP contribution in [0.25, 0.3) is 0 Å². The minimum absolute atomic E-state index is 0.295. The van der Waals surface area contributed by atoms with Crippen LogP contribution in [0.3, 0.4) is 0 Å². The molecule has 0 saturated carbocycles. The van der Waals surface area contributed by atoms with Gasteiger partial charge < -0.3 is 4.74 Å². The molecule has 1 rings (SSSR count). The largest absolute Gasteiger partial charge is 0.456 e. The van der Waals surface area contributed by atoms with E-state index in [1.54, 1.807) is 39.0 Å². The van der Waals surface area contributed by atoms with Gasteiger partial charge in [0.15, 0.2) is 0 Å². The summed E-state index contributed by atoms with van der Waals surface area (Å²) in [6, 6.07) is 6.28. The lowest BCUT2D eigenvalue weighted by molar-refractivity contribution is -0.496. The molecule has 0 N–H and O–H groups in total. The van der Waals surface area contributed by atoms with Crippen LogP contribution in [0.1, 0.15) is 36.7 Å². The Bertz CT molecular complexity index is 434. The van der Waals surface area contributed by atoms with Crippen molar-refractivity contribution >= 4 is 5.97 Å². The summed E-state index contributed by atoms with van der Waals surface area (Å²) in [5.41, 5.74) is 0.244. The summed E-state index contributed by atoms with van der Waals surface area (Å²) in [5.74, 6) is -0.470.